The van der Waals surface area contributed by atoms with Crippen molar-refractivity contribution in [1.82, 2.24) is 5.32 Å². The predicted molar refractivity (Wildman–Crippen MR) is 65.4 cm³/mol. The number of hydrogen-bond donors (Lipinski definition) is 1. The molecule has 2 bridgehead atoms. The van der Waals surface area contributed by atoms with Crippen molar-refractivity contribution in [3.05, 3.63) is 0 Å². The summed E-state index contributed by atoms with van der Waals surface area (Å²) in [4.78, 5) is 0. The number of ether oxygens (including phenoxy) is 1. The molecule has 3 atom stereocenters. The fourth-order valence-corrected chi connectivity index (χ4v) is 3.91. The van der Waals surface area contributed by atoms with Gasteiger partial charge in [0.2, 0.25) is 0 Å². The van der Waals surface area contributed by atoms with E-state index in [1.54, 1.807) is 0 Å². The monoisotopic (exact) mass is 223 g/mol. The SMILES string of the molecule is CC1(CNC2CC3CCC2C3)CCOCC1. The van der Waals surface area contributed by atoms with Crippen LogP contribution in [0, 0.1) is 17.3 Å². The molecule has 16 heavy (non-hydrogen) atoms. The van der Waals surface area contributed by atoms with Crippen LogP contribution >= 0.6 is 0 Å². The van der Waals surface area contributed by atoms with Crippen molar-refractivity contribution in [2.75, 3.05) is 19.8 Å². The van der Waals surface area contributed by atoms with Gasteiger partial charge < -0.3 is 10.1 Å². The molecule has 3 rings (SSSR count). The summed E-state index contributed by atoms with van der Waals surface area (Å²) in [5, 5.41) is 3.87. The second-order valence-electron chi connectivity index (χ2n) is 6.59. The molecule has 0 spiro atoms. The average molecular weight is 223 g/mol. The molecule has 0 aromatic rings. The smallest absolute Gasteiger partial charge is 0.0471 e. The van der Waals surface area contributed by atoms with E-state index in [1.165, 1.54) is 45.1 Å². The molecule has 0 aromatic heterocycles. The van der Waals surface area contributed by atoms with Crippen molar-refractivity contribution < 1.29 is 4.74 Å². The molecule has 0 aromatic carbocycles. The molecule has 1 N–H and O–H groups in total. The van der Waals surface area contributed by atoms with Gasteiger partial charge in [-0.3, -0.25) is 0 Å². The Morgan fingerprint density at radius 2 is 2.00 bits per heavy atom. The van der Waals surface area contributed by atoms with Gasteiger partial charge in [-0.15, -0.1) is 0 Å². The van der Waals surface area contributed by atoms with Crippen LogP contribution < -0.4 is 5.32 Å². The molecule has 3 fully saturated rings. The van der Waals surface area contributed by atoms with Crippen LogP contribution in [0.2, 0.25) is 0 Å². The summed E-state index contributed by atoms with van der Waals surface area (Å²) in [7, 11) is 0. The van der Waals surface area contributed by atoms with E-state index in [4.69, 9.17) is 4.74 Å². The lowest BCUT2D eigenvalue weighted by Gasteiger charge is -2.36. The lowest BCUT2D eigenvalue weighted by molar-refractivity contribution is 0.0220. The Kier molecular flexibility index (Phi) is 2.97. The highest BCUT2D eigenvalue weighted by molar-refractivity contribution is 4.95. The summed E-state index contributed by atoms with van der Waals surface area (Å²) in [6, 6.07) is 0.846. The van der Waals surface area contributed by atoms with Crippen LogP contribution in [-0.4, -0.2) is 25.8 Å². The van der Waals surface area contributed by atoms with E-state index in [1.807, 2.05) is 0 Å². The zero-order valence-corrected chi connectivity index (χ0v) is 10.5. The van der Waals surface area contributed by atoms with Gasteiger partial charge in [-0.2, -0.15) is 0 Å². The average Bonchev–Trinajstić information content (AvgIpc) is 2.89. The molecule has 1 aliphatic heterocycles. The fourth-order valence-electron chi connectivity index (χ4n) is 3.91. The first-order valence-electron chi connectivity index (χ1n) is 7.06. The van der Waals surface area contributed by atoms with Gasteiger partial charge >= 0.3 is 0 Å². The van der Waals surface area contributed by atoms with Crippen molar-refractivity contribution in [2.45, 2.75) is 51.5 Å². The van der Waals surface area contributed by atoms with Crippen molar-refractivity contribution in [1.29, 1.82) is 0 Å². The lowest BCUT2D eigenvalue weighted by Crippen LogP contribution is -2.43. The zero-order chi connectivity index (χ0) is 11.0. The Morgan fingerprint density at radius 3 is 2.62 bits per heavy atom. The molecular weight excluding hydrogens is 198 g/mol. The van der Waals surface area contributed by atoms with Gasteiger partial charge in [0.15, 0.2) is 0 Å². The van der Waals surface area contributed by atoms with E-state index in [9.17, 15) is 0 Å². The number of fused-ring (bicyclic) bond motifs is 2. The summed E-state index contributed by atoms with van der Waals surface area (Å²) in [6.07, 6.45) is 8.44. The molecule has 0 amide bonds. The van der Waals surface area contributed by atoms with Crippen molar-refractivity contribution in [2.24, 2.45) is 17.3 Å². The van der Waals surface area contributed by atoms with Crippen LogP contribution in [0.5, 0.6) is 0 Å². The first-order valence-corrected chi connectivity index (χ1v) is 7.06. The first kappa shape index (κ1) is 11.0. The molecule has 1 saturated heterocycles. The van der Waals surface area contributed by atoms with E-state index >= 15 is 0 Å². The molecule has 3 aliphatic rings. The lowest BCUT2D eigenvalue weighted by atomic mass is 9.81. The summed E-state index contributed by atoms with van der Waals surface area (Å²) < 4.78 is 5.46. The molecule has 2 heteroatoms. The van der Waals surface area contributed by atoms with E-state index in [2.05, 4.69) is 12.2 Å². The van der Waals surface area contributed by atoms with Crippen LogP contribution in [0.4, 0.5) is 0 Å². The zero-order valence-electron chi connectivity index (χ0n) is 10.5. The maximum atomic E-state index is 5.46. The normalized spacial score (nSPS) is 41.4. The molecule has 3 unspecified atom stereocenters. The fraction of sp³-hybridized carbons (Fsp3) is 1.00. The van der Waals surface area contributed by atoms with Gasteiger partial charge in [0.1, 0.15) is 0 Å². The quantitative estimate of drug-likeness (QED) is 0.794. The standard InChI is InChI=1S/C14H25NO/c1-14(4-6-16-7-5-14)10-15-13-9-11-2-3-12(13)8-11/h11-13,15H,2-10H2,1H3. The molecular formula is C14H25NO. The maximum Gasteiger partial charge on any atom is 0.0471 e. The molecule has 0 radical (unpaired) electrons. The Bertz CT molecular complexity index is 247. The summed E-state index contributed by atoms with van der Waals surface area (Å²) in [5.41, 5.74) is 0.500. The third kappa shape index (κ3) is 2.14. The number of rotatable bonds is 3. The van der Waals surface area contributed by atoms with Crippen molar-refractivity contribution >= 4 is 0 Å². The highest BCUT2D eigenvalue weighted by Gasteiger charge is 2.40. The van der Waals surface area contributed by atoms with E-state index in [0.717, 1.165) is 31.1 Å². The van der Waals surface area contributed by atoms with Gasteiger partial charge in [0, 0.05) is 25.8 Å². The van der Waals surface area contributed by atoms with Crippen molar-refractivity contribution in [3.63, 3.8) is 0 Å². The minimum absolute atomic E-state index is 0.500. The van der Waals surface area contributed by atoms with E-state index < -0.39 is 0 Å². The molecule has 2 saturated carbocycles. The minimum atomic E-state index is 0.500. The highest BCUT2D eigenvalue weighted by Crippen LogP contribution is 2.44. The third-order valence-corrected chi connectivity index (χ3v) is 5.23. The highest BCUT2D eigenvalue weighted by atomic mass is 16.5. The Hall–Kier alpha value is -0.0800. The van der Waals surface area contributed by atoms with Crippen LogP contribution in [0.1, 0.15) is 45.4 Å². The molecule has 1 heterocycles. The molecule has 2 aliphatic carbocycles. The van der Waals surface area contributed by atoms with Gasteiger partial charge in [-0.1, -0.05) is 13.3 Å². The van der Waals surface area contributed by atoms with Crippen LogP contribution in [0.3, 0.4) is 0 Å². The Labute approximate surface area is 99.1 Å². The third-order valence-electron chi connectivity index (χ3n) is 5.23. The Morgan fingerprint density at radius 1 is 1.19 bits per heavy atom. The minimum Gasteiger partial charge on any atom is -0.381 e. The number of hydrogen-bond acceptors (Lipinski definition) is 2. The maximum absolute atomic E-state index is 5.46. The van der Waals surface area contributed by atoms with Crippen LogP contribution in [-0.2, 0) is 4.74 Å². The number of nitrogens with one attached hydrogen (secondary N) is 1. The van der Waals surface area contributed by atoms with Gasteiger partial charge in [-0.25, -0.2) is 0 Å². The predicted octanol–water partition coefficient (Wildman–Crippen LogP) is 2.58. The van der Waals surface area contributed by atoms with Gasteiger partial charge in [-0.05, 0) is 49.4 Å². The van der Waals surface area contributed by atoms with E-state index in [0.29, 0.717) is 5.41 Å². The van der Waals surface area contributed by atoms with Gasteiger partial charge in [0.05, 0.1) is 0 Å². The van der Waals surface area contributed by atoms with Crippen LogP contribution in [0.25, 0.3) is 0 Å². The second kappa shape index (κ2) is 4.30. The second-order valence-corrected chi connectivity index (χ2v) is 6.59. The summed E-state index contributed by atoms with van der Waals surface area (Å²) in [6.45, 7) is 5.57. The van der Waals surface area contributed by atoms with Crippen molar-refractivity contribution in [3.8, 4) is 0 Å². The van der Waals surface area contributed by atoms with Crippen LogP contribution in [0.15, 0.2) is 0 Å². The summed E-state index contributed by atoms with van der Waals surface area (Å²) in [5.74, 6) is 2.07. The largest absolute Gasteiger partial charge is 0.381 e. The Balaban J connectivity index is 1.49. The van der Waals surface area contributed by atoms with Gasteiger partial charge in [0.25, 0.3) is 0 Å². The molecule has 92 valence electrons. The first-order chi connectivity index (χ1) is 7.75. The topological polar surface area (TPSA) is 21.3 Å². The molecule has 2 nitrogen and oxygen atoms in total. The summed E-state index contributed by atoms with van der Waals surface area (Å²) >= 11 is 0. The van der Waals surface area contributed by atoms with E-state index in [-0.39, 0.29) is 0 Å².